The van der Waals surface area contributed by atoms with Crippen molar-refractivity contribution in [3.63, 3.8) is 0 Å². The van der Waals surface area contributed by atoms with Crippen molar-refractivity contribution in [1.29, 1.82) is 0 Å². The molecule has 0 saturated carbocycles. The molecule has 0 spiro atoms. The molecule has 0 amide bonds. The largest absolute Gasteiger partial charge is 0.295 e. The Labute approximate surface area is 235 Å². The molecule has 0 heterocycles. The van der Waals surface area contributed by atoms with Crippen LogP contribution >= 0.6 is 7.26 Å². The molecule has 3 aromatic rings. The molecule has 0 unspecified atom stereocenters. The molecule has 2 heteroatoms. The minimum absolute atomic E-state index is 0.133. The molecule has 0 aliphatic heterocycles. The predicted octanol–water partition coefficient (Wildman–Crippen LogP) is 8.30. The summed E-state index contributed by atoms with van der Waals surface area (Å²) in [6, 6.07) is 33.1. The molecule has 198 valence electrons. The average Bonchev–Trinajstić information content (AvgIpc) is 2.92. The molecule has 0 saturated heterocycles. The van der Waals surface area contributed by atoms with Gasteiger partial charge in [-0.3, -0.25) is 4.79 Å². The van der Waals surface area contributed by atoms with Crippen LogP contribution in [0.15, 0.2) is 150 Å². The molecule has 1 aliphatic rings. The molecule has 3 aromatic carbocycles. The van der Waals surface area contributed by atoms with Gasteiger partial charge in [0.2, 0.25) is 0 Å². The van der Waals surface area contributed by atoms with Crippen LogP contribution in [0.2, 0.25) is 0 Å². The fourth-order valence-corrected chi connectivity index (χ4v) is 9.96. The number of rotatable bonds is 8. The maximum atomic E-state index is 12.0. The van der Waals surface area contributed by atoms with Gasteiger partial charge in [-0.05, 0) is 85.4 Å². The van der Waals surface area contributed by atoms with E-state index in [0.717, 1.165) is 11.7 Å². The highest BCUT2D eigenvalue weighted by Crippen LogP contribution is 2.56. The zero-order valence-corrected chi connectivity index (χ0v) is 24.8. The summed E-state index contributed by atoms with van der Waals surface area (Å²) >= 11 is 0. The lowest BCUT2D eigenvalue weighted by molar-refractivity contribution is -0.116. The van der Waals surface area contributed by atoms with Gasteiger partial charge in [0.05, 0.1) is 6.16 Å². The van der Waals surface area contributed by atoms with Gasteiger partial charge in [-0.15, -0.1) is 0 Å². The van der Waals surface area contributed by atoms with Crippen LogP contribution in [0.3, 0.4) is 0 Å². The summed E-state index contributed by atoms with van der Waals surface area (Å²) in [5.41, 5.74) is 4.72. The number of benzene rings is 3. The first-order valence-corrected chi connectivity index (χ1v) is 15.7. The second-order valence-electron chi connectivity index (χ2n) is 11.2. The van der Waals surface area contributed by atoms with Crippen molar-refractivity contribution in [2.45, 2.75) is 41.0 Å². The molecule has 0 N–H and O–H groups in total. The summed E-state index contributed by atoms with van der Waals surface area (Å²) in [4.78, 5) is 12.0. The van der Waals surface area contributed by atoms with Crippen LogP contribution in [-0.2, 0) is 4.79 Å². The summed E-state index contributed by atoms with van der Waals surface area (Å²) in [5, 5.41) is 4.21. The minimum atomic E-state index is -1.89. The molecule has 4 rings (SSSR count). The number of ketones is 1. The molecule has 1 aliphatic carbocycles. The second kappa shape index (κ2) is 12.5. The molecule has 1 nitrogen and oxygen atoms in total. The topological polar surface area (TPSA) is 17.1 Å². The van der Waals surface area contributed by atoms with E-state index in [2.05, 4.69) is 149 Å². The van der Waals surface area contributed by atoms with Crippen molar-refractivity contribution in [3.05, 3.63) is 150 Å². The van der Waals surface area contributed by atoms with Gasteiger partial charge in [0.25, 0.3) is 0 Å². The Balaban J connectivity index is 1.66. The normalized spacial score (nSPS) is 17.5. The lowest BCUT2D eigenvalue weighted by Gasteiger charge is -2.31. The van der Waals surface area contributed by atoms with Crippen LogP contribution in [0.4, 0.5) is 0 Å². The molecule has 0 fully saturated rings. The first-order valence-electron chi connectivity index (χ1n) is 13.7. The van der Waals surface area contributed by atoms with Crippen LogP contribution in [0.1, 0.15) is 41.0 Å². The van der Waals surface area contributed by atoms with Crippen LogP contribution in [-0.4, -0.2) is 11.9 Å². The van der Waals surface area contributed by atoms with Gasteiger partial charge in [-0.25, -0.2) is 0 Å². The Morgan fingerprint density at radius 2 is 1.28 bits per heavy atom. The van der Waals surface area contributed by atoms with Gasteiger partial charge < -0.3 is 0 Å². The standard InChI is InChI=1S/C37H40OP/c1-29(24-25-36-31(3)26-32(38)27-37(36,4)5)16-15-17-30(2)28-39(33-18-9-6-10-19-33,34-20-11-7-12-21-34)35-22-13-8-14-23-35/h6-26H,27-28H2,1-5H3/q+1. The van der Waals surface area contributed by atoms with Crippen LogP contribution in [0, 0.1) is 5.41 Å². The van der Waals surface area contributed by atoms with E-state index < -0.39 is 7.26 Å². The Morgan fingerprint density at radius 3 is 1.74 bits per heavy atom. The Kier molecular flexibility index (Phi) is 9.16. The van der Waals surface area contributed by atoms with Gasteiger partial charge in [0, 0.05) is 6.42 Å². The number of carbonyl (C=O) groups is 1. The lowest BCUT2D eigenvalue weighted by Crippen LogP contribution is -2.33. The maximum Gasteiger partial charge on any atom is 0.156 e. The fraction of sp³-hybridized carbons (Fsp3) is 0.216. The fourth-order valence-electron chi connectivity index (χ4n) is 5.62. The van der Waals surface area contributed by atoms with E-state index >= 15 is 0 Å². The van der Waals surface area contributed by atoms with E-state index in [-0.39, 0.29) is 11.2 Å². The van der Waals surface area contributed by atoms with Gasteiger partial charge in [-0.2, -0.15) is 0 Å². The third kappa shape index (κ3) is 6.73. The monoisotopic (exact) mass is 531 g/mol. The first kappa shape index (κ1) is 28.5. The number of hydrogen-bond acceptors (Lipinski definition) is 1. The first-order chi connectivity index (χ1) is 18.7. The Bertz CT molecular complexity index is 1340. The third-order valence-electron chi connectivity index (χ3n) is 7.48. The second-order valence-corrected chi connectivity index (χ2v) is 14.7. The highest BCUT2D eigenvalue weighted by atomic mass is 31.2. The van der Waals surface area contributed by atoms with Crippen molar-refractivity contribution >= 4 is 29.0 Å². The molecule has 0 atom stereocenters. The van der Waals surface area contributed by atoms with Crippen LogP contribution in [0.25, 0.3) is 0 Å². The van der Waals surface area contributed by atoms with Crippen LogP contribution in [0.5, 0.6) is 0 Å². The Morgan fingerprint density at radius 1 is 0.795 bits per heavy atom. The SMILES string of the molecule is CC(C=CC=C(C)C[P+](c1ccccc1)(c1ccccc1)c1ccccc1)=CC=C1C(C)=CC(=O)CC1(C)C. The van der Waals surface area contributed by atoms with E-state index in [1.807, 2.05) is 6.92 Å². The zero-order valence-electron chi connectivity index (χ0n) is 23.9. The van der Waals surface area contributed by atoms with Crippen molar-refractivity contribution in [2.24, 2.45) is 5.41 Å². The van der Waals surface area contributed by atoms with Crippen molar-refractivity contribution in [1.82, 2.24) is 0 Å². The van der Waals surface area contributed by atoms with E-state index in [0.29, 0.717) is 6.42 Å². The van der Waals surface area contributed by atoms with Crippen molar-refractivity contribution in [3.8, 4) is 0 Å². The summed E-state index contributed by atoms with van der Waals surface area (Å²) in [5.74, 6) is 0.219. The van der Waals surface area contributed by atoms with Crippen molar-refractivity contribution in [2.75, 3.05) is 6.16 Å². The van der Waals surface area contributed by atoms with E-state index in [1.54, 1.807) is 6.08 Å². The van der Waals surface area contributed by atoms with Gasteiger partial charge in [-0.1, -0.05) is 104 Å². The van der Waals surface area contributed by atoms with Crippen molar-refractivity contribution < 1.29 is 4.79 Å². The highest BCUT2D eigenvalue weighted by Gasteiger charge is 2.45. The summed E-state index contributed by atoms with van der Waals surface area (Å²) in [6.45, 7) is 10.7. The summed E-state index contributed by atoms with van der Waals surface area (Å²) < 4.78 is 0. The number of hydrogen-bond donors (Lipinski definition) is 0. The van der Waals surface area contributed by atoms with E-state index in [4.69, 9.17) is 0 Å². The number of allylic oxidation sites excluding steroid dienone is 10. The molecule has 0 aromatic heterocycles. The molecule has 39 heavy (non-hydrogen) atoms. The Hall–Kier alpha value is -3.54. The molecule has 0 bridgehead atoms. The highest BCUT2D eigenvalue weighted by molar-refractivity contribution is 7.95. The maximum absolute atomic E-state index is 12.0. The third-order valence-corrected chi connectivity index (χ3v) is 12.0. The minimum Gasteiger partial charge on any atom is -0.295 e. The summed E-state index contributed by atoms with van der Waals surface area (Å²) in [6.07, 6.45) is 14.3. The molecular weight excluding hydrogens is 491 g/mol. The molecular formula is C37H40OP+. The van der Waals surface area contributed by atoms with Crippen LogP contribution < -0.4 is 15.9 Å². The zero-order chi connectivity index (χ0) is 27.9. The number of carbonyl (C=O) groups excluding carboxylic acids is 1. The lowest BCUT2D eigenvalue weighted by atomic mass is 9.72. The van der Waals surface area contributed by atoms with Gasteiger partial charge in [0.15, 0.2) is 5.78 Å². The smallest absolute Gasteiger partial charge is 0.156 e. The average molecular weight is 532 g/mol. The van der Waals surface area contributed by atoms with E-state index in [9.17, 15) is 4.79 Å². The van der Waals surface area contributed by atoms with Gasteiger partial charge >= 0.3 is 0 Å². The van der Waals surface area contributed by atoms with Gasteiger partial charge in [0.1, 0.15) is 23.2 Å². The predicted molar refractivity (Wildman–Crippen MR) is 172 cm³/mol. The molecule has 0 radical (unpaired) electrons. The summed E-state index contributed by atoms with van der Waals surface area (Å²) in [7, 11) is -1.89. The van der Waals surface area contributed by atoms with E-state index in [1.165, 1.54) is 32.6 Å². The quantitative estimate of drug-likeness (QED) is 0.211.